The normalized spacial score (nSPS) is 14.6. The first-order valence-corrected chi connectivity index (χ1v) is 13.6. The molecule has 5 rings (SSSR count). The van der Waals surface area contributed by atoms with E-state index in [9.17, 15) is 9.59 Å². The Hall–Kier alpha value is -3.85. The molecule has 3 aromatic carbocycles. The fourth-order valence-corrected chi connectivity index (χ4v) is 4.92. The Morgan fingerprint density at radius 3 is 2.62 bits per heavy atom. The van der Waals surface area contributed by atoms with Crippen LogP contribution in [0.3, 0.4) is 0 Å². The number of halogens is 2. The van der Waals surface area contributed by atoms with E-state index >= 15 is 0 Å². The topological polar surface area (TPSA) is 85.7 Å². The molecule has 1 atom stereocenters. The maximum absolute atomic E-state index is 13.5. The summed E-state index contributed by atoms with van der Waals surface area (Å²) < 4.78 is 12.9. The lowest BCUT2D eigenvalue weighted by Gasteiger charge is -2.25. The van der Waals surface area contributed by atoms with Crippen LogP contribution < -0.4 is 10.1 Å². The van der Waals surface area contributed by atoms with Crippen LogP contribution in [0.25, 0.3) is 16.9 Å². The minimum Gasteiger partial charge on any atom is -0.497 e. The van der Waals surface area contributed by atoms with Crippen molar-refractivity contribution in [2.45, 2.75) is 18.9 Å². The van der Waals surface area contributed by atoms with Crippen LogP contribution in [0.15, 0.2) is 79.0 Å². The molecule has 1 N–H and O–H groups in total. The molecule has 0 radical (unpaired) electrons. The number of carbonyl (C=O) groups excluding carboxylic acids is 2. The fraction of sp³-hybridized carbons (Fsp3) is 0.233. The van der Waals surface area contributed by atoms with E-state index in [1.165, 1.54) is 4.90 Å². The van der Waals surface area contributed by atoms with Gasteiger partial charge >= 0.3 is 0 Å². The van der Waals surface area contributed by atoms with Gasteiger partial charge in [0.05, 0.1) is 35.2 Å². The van der Waals surface area contributed by atoms with Crippen LogP contribution in [0.2, 0.25) is 10.0 Å². The van der Waals surface area contributed by atoms with Crippen LogP contribution in [0.4, 0.5) is 5.95 Å². The predicted molar refractivity (Wildman–Crippen MR) is 156 cm³/mol. The van der Waals surface area contributed by atoms with Gasteiger partial charge < -0.3 is 14.4 Å². The first-order chi connectivity index (χ1) is 19.4. The average molecular weight is 579 g/mol. The summed E-state index contributed by atoms with van der Waals surface area (Å²) in [5.74, 6) is 0.208. The van der Waals surface area contributed by atoms with Crippen molar-refractivity contribution in [3.8, 4) is 22.7 Å². The van der Waals surface area contributed by atoms with Crippen LogP contribution in [0, 0.1) is 0 Å². The molecule has 0 saturated carbocycles. The number of benzene rings is 3. The quantitative estimate of drug-likeness (QED) is 0.259. The number of nitrogens with one attached hydrogen (secondary N) is 1. The highest BCUT2D eigenvalue weighted by Gasteiger charge is 2.27. The summed E-state index contributed by atoms with van der Waals surface area (Å²) in [4.78, 5) is 33.1. The van der Waals surface area contributed by atoms with Crippen LogP contribution in [-0.4, -0.2) is 59.2 Å². The number of hydrogen-bond acceptors (Lipinski definition) is 5. The highest BCUT2D eigenvalue weighted by atomic mass is 35.5. The van der Waals surface area contributed by atoms with E-state index in [1.54, 1.807) is 48.1 Å². The molecule has 1 unspecified atom stereocenters. The number of rotatable bonds is 9. The Morgan fingerprint density at radius 1 is 1.10 bits per heavy atom. The van der Waals surface area contributed by atoms with Gasteiger partial charge in [-0.15, -0.1) is 0 Å². The van der Waals surface area contributed by atoms with Gasteiger partial charge in [-0.25, -0.2) is 4.98 Å². The van der Waals surface area contributed by atoms with Gasteiger partial charge in [0.1, 0.15) is 12.3 Å². The number of amides is 2. The van der Waals surface area contributed by atoms with Crippen molar-refractivity contribution < 1.29 is 19.1 Å². The zero-order valence-corrected chi connectivity index (χ0v) is 23.4. The van der Waals surface area contributed by atoms with Gasteiger partial charge in [0.2, 0.25) is 11.9 Å². The molecule has 8 nitrogen and oxygen atoms in total. The molecular weight excluding hydrogens is 551 g/mol. The van der Waals surface area contributed by atoms with E-state index in [-0.39, 0.29) is 25.1 Å². The summed E-state index contributed by atoms with van der Waals surface area (Å²) >= 11 is 12.4. The van der Waals surface area contributed by atoms with Gasteiger partial charge in [-0.05, 0) is 49.2 Å². The number of hydrogen-bond donors (Lipinski definition) is 1. The highest BCUT2D eigenvalue weighted by Crippen LogP contribution is 2.27. The number of ether oxygens (including phenoxy) is 2. The molecule has 1 aliphatic rings. The zero-order chi connectivity index (χ0) is 28.1. The smallest absolute Gasteiger partial charge is 0.255 e. The maximum Gasteiger partial charge on any atom is 0.255 e. The van der Waals surface area contributed by atoms with Gasteiger partial charge in [-0.2, -0.15) is 0 Å². The third kappa shape index (κ3) is 6.47. The monoisotopic (exact) mass is 578 g/mol. The van der Waals surface area contributed by atoms with E-state index in [2.05, 4.69) is 5.32 Å². The Balaban J connectivity index is 1.43. The number of nitrogens with zero attached hydrogens (tertiary/aromatic N) is 3. The van der Waals surface area contributed by atoms with Crippen LogP contribution in [0.1, 0.15) is 23.2 Å². The van der Waals surface area contributed by atoms with Crippen molar-refractivity contribution >= 4 is 41.0 Å². The van der Waals surface area contributed by atoms with Crippen molar-refractivity contribution in [3.05, 3.63) is 94.6 Å². The molecule has 1 aromatic heterocycles. The molecule has 1 saturated heterocycles. The van der Waals surface area contributed by atoms with Crippen molar-refractivity contribution in [2.24, 2.45) is 0 Å². The maximum atomic E-state index is 13.5. The van der Waals surface area contributed by atoms with Gasteiger partial charge in [-0.3, -0.25) is 19.5 Å². The molecule has 40 heavy (non-hydrogen) atoms. The SMILES string of the molecule is COc1cccc(-n2cc(-c3ccc(Cl)cc3)nc2NC(=O)CN(CC2CCCO2)C(=O)c2ccccc2Cl)c1. The lowest BCUT2D eigenvalue weighted by Crippen LogP contribution is -2.42. The van der Waals surface area contributed by atoms with E-state index < -0.39 is 5.91 Å². The largest absolute Gasteiger partial charge is 0.497 e. The van der Waals surface area contributed by atoms with E-state index in [0.29, 0.717) is 39.6 Å². The summed E-state index contributed by atoms with van der Waals surface area (Å²) in [6.07, 6.45) is 3.41. The lowest BCUT2D eigenvalue weighted by atomic mass is 10.1. The van der Waals surface area contributed by atoms with Crippen molar-refractivity contribution in [2.75, 3.05) is 32.1 Å². The minimum atomic E-state index is -0.407. The third-order valence-electron chi connectivity index (χ3n) is 6.60. The Bertz CT molecular complexity index is 1500. The summed E-state index contributed by atoms with van der Waals surface area (Å²) in [6.45, 7) is 0.708. The molecule has 4 aromatic rings. The van der Waals surface area contributed by atoms with Crippen molar-refractivity contribution in [1.82, 2.24) is 14.5 Å². The molecule has 1 fully saturated rings. The van der Waals surface area contributed by atoms with Gasteiger partial charge in [0.15, 0.2) is 0 Å². The summed E-state index contributed by atoms with van der Waals surface area (Å²) in [5.41, 5.74) is 2.54. The fourth-order valence-electron chi connectivity index (χ4n) is 4.58. The van der Waals surface area contributed by atoms with Crippen LogP contribution >= 0.6 is 23.2 Å². The molecule has 0 bridgehead atoms. The first kappa shape index (κ1) is 27.7. The second-order valence-electron chi connectivity index (χ2n) is 9.38. The van der Waals surface area contributed by atoms with Crippen molar-refractivity contribution in [3.63, 3.8) is 0 Å². The first-order valence-electron chi connectivity index (χ1n) is 12.9. The zero-order valence-electron chi connectivity index (χ0n) is 21.8. The van der Waals surface area contributed by atoms with Crippen LogP contribution in [0.5, 0.6) is 5.75 Å². The standard InChI is InChI=1S/C30H28Cl2N4O4/c1-39-23-7-4-6-22(16-23)36-18-27(20-11-13-21(31)14-12-20)33-30(36)34-28(37)19-35(17-24-8-5-15-40-24)29(38)25-9-2-3-10-26(25)32/h2-4,6-7,9-14,16,18,24H,5,8,15,17,19H2,1H3,(H,33,34,37). The van der Waals surface area contributed by atoms with Gasteiger partial charge in [-0.1, -0.05) is 53.5 Å². The average Bonchev–Trinajstić information content (AvgIpc) is 3.63. The van der Waals surface area contributed by atoms with Gasteiger partial charge in [0.25, 0.3) is 5.91 Å². The number of carbonyl (C=O) groups is 2. The molecule has 2 amide bonds. The number of aromatic nitrogens is 2. The summed E-state index contributed by atoms with van der Waals surface area (Å²) in [5, 5.41) is 3.84. The third-order valence-corrected chi connectivity index (χ3v) is 7.18. The molecular formula is C30H28Cl2N4O4. The minimum absolute atomic E-state index is 0.144. The van der Waals surface area contributed by atoms with E-state index in [1.807, 2.05) is 42.6 Å². The number of methoxy groups -OCH3 is 1. The lowest BCUT2D eigenvalue weighted by molar-refractivity contribution is -0.117. The van der Waals surface area contributed by atoms with Crippen molar-refractivity contribution in [1.29, 1.82) is 0 Å². The van der Waals surface area contributed by atoms with Gasteiger partial charge in [0, 0.05) is 36.0 Å². The Kier molecular flexibility index (Phi) is 8.69. The molecule has 0 aliphatic carbocycles. The van der Waals surface area contributed by atoms with E-state index in [0.717, 1.165) is 24.1 Å². The second kappa shape index (κ2) is 12.6. The molecule has 1 aliphatic heterocycles. The predicted octanol–water partition coefficient (Wildman–Crippen LogP) is 6.11. The molecule has 0 spiro atoms. The molecule has 206 valence electrons. The van der Waals surface area contributed by atoms with E-state index in [4.69, 9.17) is 37.7 Å². The Morgan fingerprint density at radius 2 is 1.90 bits per heavy atom. The summed E-state index contributed by atoms with van der Waals surface area (Å²) in [6, 6.07) is 21.5. The highest BCUT2D eigenvalue weighted by molar-refractivity contribution is 6.33. The second-order valence-corrected chi connectivity index (χ2v) is 10.2. The number of anilines is 1. The number of imidazole rings is 1. The van der Waals surface area contributed by atoms with Crippen LogP contribution in [-0.2, 0) is 9.53 Å². The molecule has 2 heterocycles. The Labute approximate surface area is 242 Å². The summed E-state index contributed by atoms with van der Waals surface area (Å²) in [7, 11) is 1.59. The molecule has 10 heteroatoms.